The van der Waals surface area contributed by atoms with Crippen molar-refractivity contribution in [2.45, 2.75) is 25.3 Å². The largest absolute Gasteiger partial charge is 0.487 e. The van der Waals surface area contributed by atoms with Crippen LogP contribution in [0.3, 0.4) is 0 Å². The molecule has 1 aromatic rings. The number of amides is 1. The highest BCUT2D eigenvalue weighted by molar-refractivity contribution is 6.32. The van der Waals surface area contributed by atoms with Crippen LogP contribution in [0.25, 0.3) is 0 Å². The number of anilines is 1. The van der Waals surface area contributed by atoms with Crippen molar-refractivity contribution in [1.29, 1.82) is 0 Å². The average molecular weight is 349 g/mol. The quantitative estimate of drug-likeness (QED) is 0.775. The topological polar surface area (TPSA) is 73.6 Å². The molecular weight excluding hydrogens is 327 g/mol. The maximum Gasteiger partial charge on any atom is 0.227 e. The van der Waals surface area contributed by atoms with E-state index in [2.05, 4.69) is 5.32 Å². The molecule has 0 heterocycles. The van der Waals surface area contributed by atoms with Crippen molar-refractivity contribution in [1.82, 2.24) is 0 Å². The van der Waals surface area contributed by atoms with Gasteiger partial charge in [0.2, 0.25) is 5.91 Å². The number of nitrogens with one attached hydrogen (secondary N) is 1. The molecule has 0 bridgehead atoms. The Morgan fingerprint density at radius 2 is 2.18 bits per heavy atom. The molecule has 1 saturated carbocycles. The fourth-order valence-electron chi connectivity index (χ4n) is 2.47. The third-order valence-corrected chi connectivity index (χ3v) is 3.90. The van der Waals surface area contributed by atoms with Crippen LogP contribution >= 0.6 is 24.0 Å². The van der Waals surface area contributed by atoms with E-state index < -0.39 is 0 Å². The molecule has 0 spiro atoms. The van der Waals surface area contributed by atoms with Gasteiger partial charge in [-0.3, -0.25) is 4.79 Å². The molecule has 1 amide bonds. The number of carbonyl (C=O) groups excluding carboxylic acids is 1. The van der Waals surface area contributed by atoms with Crippen molar-refractivity contribution in [3.05, 3.63) is 23.2 Å². The summed E-state index contributed by atoms with van der Waals surface area (Å²) in [4.78, 5) is 12.3. The highest BCUT2D eigenvalue weighted by atomic mass is 35.5. The maximum absolute atomic E-state index is 12.3. The molecule has 1 aromatic carbocycles. The summed E-state index contributed by atoms with van der Waals surface area (Å²) in [6.07, 6.45) is 2.45. The van der Waals surface area contributed by atoms with Gasteiger partial charge in [0.15, 0.2) is 5.75 Å². The van der Waals surface area contributed by atoms with E-state index in [0.717, 1.165) is 19.3 Å². The lowest BCUT2D eigenvalue weighted by Gasteiger charge is -2.16. The van der Waals surface area contributed by atoms with E-state index in [1.165, 1.54) is 0 Å². The van der Waals surface area contributed by atoms with Gasteiger partial charge >= 0.3 is 0 Å². The minimum Gasteiger partial charge on any atom is -0.487 e. The summed E-state index contributed by atoms with van der Waals surface area (Å²) in [7, 11) is 1.60. The number of benzene rings is 1. The molecule has 0 saturated heterocycles. The zero-order chi connectivity index (χ0) is 15.2. The van der Waals surface area contributed by atoms with Crippen LogP contribution in [0.2, 0.25) is 5.02 Å². The van der Waals surface area contributed by atoms with Crippen LogP contribution in [-0.2, 0) is 9.53 Å². The lowest BCUT2D eigenvalue weighted by Crippen LogP contribution is -2.23. The first-order chi connectivity index (χ1) is 10.1. The molecule has 22 heavy (non-hydrogen) atoms. The molecule has 7 heteroatoms. The standard InChI is InChI=1S/C15H21ClN2O3.ClH/c1-20-7-8-21-14-12(16)3-2-4-13(14)18-15(19)10-5-6-11(17)9-10;/h2-4,10-11H,5-9,17H2,1H3,(H,18,19);1H. The lowest BCUT2D eigenvalue weighted by molar-refractivity contribution is -0.119. The third-order valence-electron chi connectivity index (χ3n) is 3.60. The van der Waals surface area contributed by atoms with E-state index in [1.807, 2.05) is 0 Å². The van der Waals surface area contributed by atoms with Crippen LogP contribution in [-0.4, -0.2) is 32.3 Å². The molecule has 2 unspecified atom stereocenters. The number of hydrogen-bond acceptors (Lipinski definition) is 4. The second-order valence-corrected chi connectivity index (χ2v) is 5.62. The molecule has 1 aliphatic carbocycles. The molecule has 2 rings (SSSR count). The molecule has 0 aromatic heterocycles. The van der Waals surface area contributed by atoms with E-state index >= 15 is 0 Å². The predicted molar refractivity (Wildman–Crippen MR) is 90.0 cm³/mol. The van der Waals surface area contributed by atoms with Gasteiger partial charge in [-0.05, 0) is 31.4 Å². The number of methoxy groups -OCH3 is 1. The van der Waals surface area contributed by atoms with E-state index in [4.69, 9.17) is 26.8 Å². The lowest BCUT2D eigenvalue weighted by atomic mass is 10.1. The molecule has 2 atom stereocenters. The van der Waals surface area contributed by atoms with Crippen molar-refractivity contribution in [2.75, 3.05) is 25.6 Å². The fraction of sp³-hybridized carbons (Fsp3) is 0.533. The molecule has 1 fully saturated rings. The van der Waals surface area contributed by atoms with E-state index in [9.17, 15) is 4.79 Å². The maximum atomic E-state index is 12.3. The van der Waals surface area contributed by atoms with Gasteiger partial charge in [-0.1, -0.05) is 17.7 Å². The highest BCUT2D eigenvalue weighted by Gasteiger charge is 2.28. The number of carbonyl (C=O) groups is 1. The number of nitrogens with two attached hydrogens (primary N) is 1. The van der Waals surface area contributed by atoms with Crippen molar-refractivity contribution < 1.29 is 14.3 Å². The Hall–Kier alpha value is -1.01. The zero-order valence-electron chi connectivity index (χ0n) is 12.5. The molecular formula is C15H22Cl2N2O3. The molecule has 0 aliphatic heterocycles. The molecule has 124 valence electrons. The smallest absolute Gasteiger partial charge is 0.227 e. The van der Waals surface area contributed by atoms with Gasteiger partial charge in [-0.2, -0.15) is 0 Å². The van der Waals surface area contributed by atoms with Crippen LogP contribution in [0, 0.1) is 5.92 Å². The molecule has 1 aliphatic rings. The first-order valence-electron chi connectivity index (χ1n) is 7.08. The van der Waals surface area contributed by atoms with Gasteiger partial charge in [0.1, 0.15) is 6.61 Å². The number of rotatable bonds is 6. The van der Waals surface area contributed by atoms with Crippen molar-refractivity contribution >= 4 is 35.6 Å². The zero-order valence-corrected chi connectivity index (χ0v) is 14.1. The van der Waals surface area contributed by atoms with Gasteiger partial charge in [0, 0.05) is 19.1 Å². The minimum atomic E-state index is -0.0363. The average Bonchev–Trinajstić information content (AvgIpc) is 2.89. The second kappa shape index (κ2) is 9.20. The van der Waals surface area contributed by atoms with E-state index in [-0.39, 0.29) is 30.3 Å². The summed E-state index contributed by atoms with van der Waals surface area (Å²) in [6, 6.07) is 5.41. The van der Waals surface area contributed by atoms with Gasteiger partial charge in [-0.15, -0.1) is 12.4 Å². The summed E-state index contributed by atoms with van der Waals surface area (Å²) in [5, 5.41) is 3.36. The van der Waals surface area contributed by atoms with Crippen LogP contribution in [0.4, 0.5) is 5.69 Å². The summed E-state index contributed by atoms with van der Waals surface area (Å²) in [5.41, 5.74) is 6.44. The van der Waals surface area contributed by atoms with Gasteiger partial charge < -0.3 is 20.5 Å². The Kier molecular flexibility index (Phi) is 7.96. The van der Waals surface area contributed by atoms with Crippen molar-refractivity contribution in [2.24, 2.45) is 11.7 Å². The Morgan fingerprint density at radius 1 is 1.41 bits per heavy atom. The van der Waals surface area contributed by atoms with Crippen LogP contribution in [0.1, 0.15) is 19.3 Å². The Balaban J connectivity index is 0.00000242. The van der Waals surface area contributed by atoms with Gasteiger partial charge in [-0.25, -0.2) is 0 Å². The SMILES string of the molecule is COCCOc1c(Cl)cccc1NC(=O)C1CCC(N)C1.Cl. The normalized spacial score (nSPS) is 20.3. The monoisotopic (exact) mass is 348 g/mol. The molecule has 5 nitrogen and oxygen atoms in total. The van der Waals surface area contributed by atoms with Crippen molar-refractivity contribution in [3.8, 4) is 5.75 Å². The van der Waals surface area contributed by atoms with Crippen LogP contribution < -0.4 is 15.8 Å². The Morgan fingerprint density at radius 3 is 2.82 bits per heavy atom. The summed E-state index contributed by atoms with van der Waals surface area (Å²) in [6.45, 7) is 0.827. The number of halogens is 2. The van der Waals surface area contributed by atoms with Gasteiger partial charge in [0.05, 0.1) is 17.3 Å². The predicted octanol–water partition coefficient (Wildman–Crippen LogP) is 2.85. The first kappa shape index (κ1) is 19.0. The Bertz CT molecular complexity index is 500. The Labute approximate surface area is 141 Å². The van der Waals surface area contributed by atoms with Crippen molar-refractivity contribution in [3.63, 3.8) is 0 Å². The minimum absolute atomic E-state index is 0. The third kappa shape index (κ3) is 5.02. The number of ether oxygens (including phenoxy) is 2. The summed E-state index contributed by atoms with van der Waals surface area (Å²) in [5.74, 6) is 0.416. The summed E-state index contributed by atoms with van der Waals surface area (Å²) >= 11 is 6.14. The second-order valence-electron chi connectivity index (χ2n) is 5.22. The van der Waals surface area contributed by atoms with E-state index in [0.29, 0.717) is 29.7 Å². The molecule has 3 N–H and O–H groups in total. The van der Waals surface area contributed by atoms with Gasteiger partial charge in [0.25, 0.3) is 0 Å². The van der Waals surface area contributed by atoms with Crippen LogP contribution in [0.15, 0.2) is 18.2 Å². The van der Waals surface area contributed by atoms with E-state index in [1.54, 1.807) is 25.3 Å². The highest BCUT2D eigenvalue weighted by Crippen LogP contribution is 2.34. The number of hydrogen-bond donors (Lipinski definition) is 2. The van der Waals surface area contributed by atoms with Crippen LogP contribution in [0.5, 0.6) is 5.75 Å². The first-order valence-corrected chi connectivity index (χ1v) is 7.46. The number of para-hydroxylation sites is 1. The molecule has 0 radical (unpaired) electrons. The fourth-order valence-corrected chi connectivity index (χ4v) is 2.70. The summed E-state index contributed by atoms with van der Waals surface area (Å²) < 4.78 is 10.5.